The summed E-state index contributed by atoms with van der Waals surface area (Å²) in [6, 6.07) is 16.2. The number of benzene rings is 2. The van der Waals surface area contributed by atoms with Gasteiger partial charge in [-0.2, -0.15) is 4.98 Å². The molecular formula is C25H25N5O2S. The summed E-state index contributed by atoms with van der Waals surface area (Å²) >= 11 is 1.51. The first-order valence-electron chi connectivity index (χ1n) is 11.0. The number of piperazine rings is 1. The maximum Gasteiger partial charge on any atom is 0.273 e. The quantitative estimate of drug-likeness (QED) is 0.439. The number of aryl methyl sites for hydroxylation is 2. The second kappa shape index (κ2) is 9.25. The third-order valence-corrected chi connectivity index (χ3v) is 6.79. The van der Waals surface area contributed by atoms with Gasteiger partial charge in [0.1, 0.15) is 10.7 Å². The monoisotopic (exact) mass is 459 g/mol. The van der Waals surface area contributed by atoms with Crippen LogP contribution < -0.4 is 0 Å². The average Bonchev–Trinajstić information content (AvgIpc) is 3.50. The van der Waals surface area contributed by atoms with Gasteiger partial charge < -0.3 is 9.42 Å². The molecule has 5 rings (SSSR count). The number of hydrogen-bond donors (Lipinski definition) is 0. The highest BCUT2D eigenvalue weighted by Gasteiger charge is 2.25. The Morgan fingerprint density at radius 3 is 2.52 bits per heavy atom. The van der Waals surface area contributed by atoms with Crippen LogP contribution in [0, 0.1) is 13.8 Å². The van der Waals surface area contributed by atoms with Crippen molar-refractivity contribution in [3.05, 3.63) is 76.6 Å². The summed E-state index contributed by atoms with van der Waals surface area (Å²) in [6.07, 6.45) is 0. The smallest absolute Gasteiger partial charge is 0.273 e. The number of amides is 1. The highest BCUT2D eigenvalue weighted by atomic mass is 32.1. The Balaban J connectivity index is 1.17. The fourth-order valence-corrected chi connectivity index (χ4v) is 4.72. The first-order chi connectivity index (χ1) is 16.1. The molecule has 0 unspecified atom stereocenters. The molecule has 0 aliphatic carbocycles. The van der Waals surface area contributed by atoms with E-state index >= 15 is 0 Å². The van der Waals surface area contributed by atoms with Crippen LogP contribution in [0.4, 0.5) is 0 Å². The fourth-order valence-electron chi connectivity index (χ4n) is 3.92. The fraction of sp³-hybridized carbons (Fsp3) is 0.280. The summed E-state index contributed by atoms with van der Waals surface area (Å²) in [5, 5.41) is 6.87. The Bertz CT molecular complexity index is 1260. The van der Waals surface area contributed by atoms with Gasteiger partial charge in [0, 0.05) is 42.7 Å². The number of nitrogens with zero attached hydrogens (tertiary/aromatic N) is 5. The summed E-state index contributed by atoms with van der Waals surface area (Å²) < 4.78 is 5.48. The zero-order valence-electron chi connectivity index (χ0n) is 18.7. The van der Waals surface area contributed by atoms with Crippen molar-refractivity contribution in [2.45, 2.75) is 20.4 Å². The van der Waals surface area contributed by atoms with Gasteiger partial charge >= 0.3 is 0 Å². The van der Waals surface area contributed by atoms with Crippen molar-refractivity contribution in [3.8, 4) is 22.0 Å². The lowest BCUT2D eigenvalue weighted by Gasteiger charge is -2.33. The van der Waals surface area contributed by atoms with Crippen molar-refractivity contribution in [2.24, 2.45) is 0 Å². The largest absolute Gasteiger partial charge is 0.338 e. The molecule has 1 saturated heterocycles. The second-order valence-corrected chi connectivity index (χ2v) is 9.16. The lowest BCUT2D eigenvalue weighted by molar-refractivity contribution is 0.0610. The zero-order chi connectivity index (χ0) is 22.8. The number of aromatic nitrogens is 3. The first kappa shape index (κ1) is 21.5. The minimum atomic E-state index is -0.0103. The maximum absolute atomic E-state index is 13.0. The van der Waals surface area contributed by atoms with Gasteiger partial charge in [0.2, 0.25) is 11.7 Å². The molecular weight excluding hydrogens is 434 g/mol. The van der Waals surface area contributed by atoms with Crippen LogP contribution in [0.5, 0.6) is 0 Å². The van der Waals surface area contributed by atoms with E-state index in [0.717, 1.165) is 34.8 Å². The summed E-state index contributed by atoms with van der Waals surface area (Å²) in [4.78, 5) is 26.2. The standard InChI is InChI=1S/C25H25N5O2S/c1-17-7-9-19(10-8-17)24-26-21(16-33-24)25(31)30-13-11-29(12-14-30)15-22-27-23(28-32-22)20-6-4-3-5-18(20)2/h3-10,16H,11-15H2,1-2H3. The van der Waals surface area contributed by atoms with Gasteiger partial charge in [-0.3, -0.25) is 9.69 Å². The lowest BCUT2D eigenvalue weighted by Crippen LogP contribution is -2.48. The number of carbonyl (C=O) groups is 1. The Hall–Kier alpha value is -3.36. The van der Waals surface area contributed by atoms with Crippen LogP contribution in [0.25, 0.3) is 22.0 Å². The van der Waals surface area contributed by atoms with Gasteiger partial charge in [0.15, 0.2) is 0 Å². The van der Waals surface area contributed by atoms with E-state index in [1.807, 2.05) is 53.6 Å². The van der Waals surface area contributed by atoms with Crippen molar-refractivity contribution in [1.82, 2.24) is 24.9 Å². The van der Waals surface area contributed by atoms with E-state index < -0.39 is 0 Å². The molecule has 0 N–H and O–H groups in total. The van der Waals surface area contributed by atoms with E-state index in [9.17, 15) is 4.79 Å². The Morgan fingerprint density at radius 1 is 1.00 bits per heavy atom. The molecule has 0 saturated carbocycles. The molecule has 1 amide bonds. The third-order valence-electron chi connectivity index (χ3n) is 5.89. The van der Waals surface area contributed by atoms with Crippen LogP contribution in [-0.4, -0.2) is 57.0 Å². The van der Waals surface area contributed by atoms with Crippen LogP contribution in [0.3, 0.4) is 0 Å². The number of thiazole rings is 1. The molecule has 0 bridgehead atoms. The maximum atomic E-state index is 13.0. The van der Waals surface area contributed by atoms with Crippen LogP contribution in [-0.2, 0) is 6.54 Å². The SMILES string of the molecule is Cc1ccc(-c2nc(C(=O)N3CCN(Cc4nc(-c5ccccc5C)no4)CC3)cs2)cc1. The molecule has 0 atom stereocenters. The van der Waals surface area contributed by atoms with Gasteiger partial charge in [0.25, 0.3) is 5.91 Å². The van der Waals surface area contributed by atoms with Gasteiger partial charge in [-0.15, -0.1) is 11.3 Å². The normalized spacial score (nSPS) is 14.5. The highest BCUT2D eigenvalue weighted by molar-refractivity contribution is 7.13. The van der Waals surface area contributed by atoms with E-state index in [1.54, 1.807) is 0 Å². The molecule has 2 aromatic carbocycles. The van der Waals surface area contributed by atoms with Crippen LogP contribution in [0.2, 0.25) is 0 Å². The molecule has 1 fully saturated rings. The van der Waals surface area contributed by atoms with E-state index in [4.69, 9.17) is 4.52 Å². The molecule has 4 aromatic rings. The third kappa shape index (κ3) is 4.72. The topological polar surface area (TPSA) is 75.4 Å². The minimum absolute atomic E-state index is 0.0103. The predicted molar refractivity (Wildman–Crippen MR) is 128 cm³/mol. The number of carbonyl (C=O) groups excluding carboxylic acids is 1. The molecule has 7 nitrogen and oxygen atoms in total. The van der Waals surface area contributed by atoms with Crippen LogP contribution >= 0.6 is 11.3 Å². The lowest BCUT2D eigenvalue weighted by atomic mass is 10.1. The Morgan fingerprint density at radius 2 is 1.76 bits per heavy atom. The molecule has 168 valence electrons. The first-order valence-corrected chi connectivity index (χ1v) is 11.9. The summed E-state index contributed by atoms with van der Waals surface area (Å²) in [5.74, 6) is 1.20. The molecule has 33 heavy (non-hydrogen) atoms. The summed E-state index contributed by atoms with van der Waals surface area (Å²) in [6.45, 7) is 7.47. The van der Waals surface area contributed by atoms with Gasteiger partial charge in [-0.05, 0) is 19.4 Å². The second-order valence-electron chi connectivity index (χ2n) is 8.30. The molecule has 0 spiro atoms. The summed E-state index contributed by atoms with van der Waals surface area (Å²) in [7, 11) is 0. The Kier molecular flexibility index (Phi) is 6.02. The van der Waals surface area contributed by atoms with E-state index in [-0.39, 0.29) is 5.91 Å². The van der Waals surface area contributed by atoms with Crippen LogP contribution in [0.15, 0.2) is 58.4 Å². The molecule has 8 heteroatoms. The summed E-state index contributed by atoms with van der Waals surface area (Å²) in [5.41, 5.74) is 4.86. The van der Waals surface area contributed by atoms with E-state index in [1.165, 1.54) is 16.9 Å². The van der Waals surface area contributed by atoms with Gasteiger partial charge in [0.05, 0.1) is 6.54 Å². The zero-order valence-corrected chi connectivity index (χ0v) is 19.5. The number of rotatable bonds is 5. The average molecular weight is 460 g/mol. The van der Waals surface area contributed by atoms with Crippen molar-refractivity contribution < 1.29 is 9.32 Å². The van der Waals surface area contributed by atoms with Crippen LogP contribution in [0.1, 0.15) is 27.5 Å². The van der Waals surface area contributed by atoms with Crippen molar-refractivity contribution in [2.75, 3.05) is 26.2 Å². The molecule has 2 aromatic heterocycles. The molecule has 3 heterocycles. The molecule has 1 aliphatic heterocycles. The Labute approximate surface area is 196 Å². The minimum Gasteiger partial charge on any atom is -0.338 e. The van der Waals surface area contributed by atoms with Crippen molar-refractivity contribution in [3.63, 3.8) is 0 Å². The van der Waals surface area contributed by atoms with Crippen molar-refractivity contribution >= 4 is 17.2 Å². The molecule has 1 aliphatic rings. The van der Waals surface area contributed by atoms with E-state index in [0.29, 0.717) is 37.0 Å². The van der Waals surface area contributed by atoms with Gasteiger partial charge in [-0.25, -0.2) is 4.98 Å². The number of hydrogen-bond acceptors (Lipinski definition) is 7. The van der Waals surface area contributed by atoms with E-state index in [2.05, 4.69) is 39.1 Å². The molecule has 0 radical (unpaired) electrons. The predicted octanol–water partition coefficient (Wildman–Crippen LogP) is 4.43. The van der Waals surface area contributed by atoms with Crippen molar-refractivity contribution in [1.29, 1.82) is 0 Å². The van der Waals surface area contributed by atoms with Gasteiger partial charge in [-0.1, -0.05) is 59.3 Å². The highest BCUT2D eigenvalue weighted by Crippen LogP contribution is 2.25.